The molecule has 0 radical (unpaired) electrons. The van der Waals surface area contributed by atoms with Crippen LogP contribution in [0.2, 0.25) is 5.02 Å². The molecule has 6 nitrogen and oxygen atoms in total. The van der Waals surface area contributed by atoms with E-state index < -0.39 is 0 Å². The lowest BCUT2D eigenvalue weighted by Crippen LogP contribution is -2.37. The van der Waals surface area contributed by atoms with E-state index in [2.05, 4.69) is 16.8 Å². The number of halogens is 1. The fourth-order valence-electron chi connectivity index (χ4n) is 4.39. The second kappa shape index (κ2) is 10.3. The summed E-state index contributed by atoms with van der Waals surface area (Å²) in [6.07, 6.45) is 6.18. The Morgan fingerprint density at radius 3 is 2.80 bits per heavy atom. The maximum atomic E-state index is 12.8. The maximum absolute atomic E-state index is 12.8. The predicted octanol–water partition coefficient (Wildman–Crippen LogP) is 6.29. The van der Waals surface area contributed by atoms with Gasteiger partial charge in [0.1, 0.15) is 11.4 Å². The number of carbonyl (C=O) groups is 1. The summed E-state index contributed by atoms with van der Waals surface area (Å²) >= 11 is 7.94. The Kier molecular flexibility index (Phi) is 6.97. The van der Waals surface area contributed by atoms with Crippen LogP contribution >= 0.6 is 23.4 Å². The Hall–Kier alpha value is -3.03. The Bertz CT molecular complexity index is 1300. The number of rotatable bonds is 5. The summed E-state index contributed by atoms with van der Waals surface area (Å²) < 4.78 is 7.42. The molecule has 1 atom stereocenters. The van der Waals surface area contributed by atoms with Gasteiger partial charge in [0, 0.05) is 30.4 Å². The molecule has 0 bridgehead atoms. The third-order valence-corrected chi connectivity index (χ3v) is 7.43. The van der Waals surface area contributed by atoms with E-state index in [0.717, 1.165) is 47.2 Å². The van der Waals surface area contributed by atoms with Crippen LogP contribution in [0.4, 0.5) is 0 Å². The van der Waals surface area contributed by atoms with Gasteiger partial charge < -0.3 is 9.64 Å². The number of amides is 1. The molecule has 0 saturated carbocycles. The molecule has 2 aromatic carbocycles. The first-order chi connectivity index (χ1) is 17.0. The van der Waals surface area contributed by atoms with Crippen LogP contribution in [0.3, 0.4) is 0 Å². The smallest absolute Gasteiger partial charge is 0.286 e. The lowest BCUT2D eigenvalue weighted by Gasteiger charge is -2.31. The Labute approximate surface area is 214 Å². The number of aromatic nitrogens is 2. The van der Waals surface area contributed by atoms with Gasteiger partial charge in [-0.3, -0.25) is 4.79 Å². The molecule has 1 fully saturated rings. The summed E-state index contributed by atoms with van der Waals surface area (Å²) in [6.45, 7) is 6.59. The quantitative estimate of drug-likeness (QED) is 0.380. The minimum Gasteiger partial charge on any atom is -0.492 e. The second-order valence-electron chi connectivity index (χ2n) is 8.79. The van der Waals surface area contributed by atoms with Crippen LogP contribution in [0.15, 0.2) is 64.6 Å². The van der Waals surface area contributed by atoms with Gasteiger partial charge in [0.2, 0.25) is 0 Å². The Morgan fingerprint density at radius 2 is 2.06 bits per heavy atom. The molecule has 1 aromatic heterocycles. The zero-order valence-corrected chi connectivity index (χ0v) is 21.4. The van der Waals surface area contributed by atoms with Gasteiger partial charge >= 0.3 is 0 Å². The van der Waals surface area contributed by atoms with E-state index in [1.807, 2.05) is 72.4 Å². The number of para-hydroxylation sites is 1. The van der Waals surface area contributed by atoms with Gasteiger partial charge in [0.15, 0.2) is 5.17 Å². The van der Waals surface area contributed by atoms with E-state index in [1.165, 1.54) is 18.2 Å². The van der Waals surface area contributed by atoms with Gasteiger partial charge in [-0.1, -0.05) is 36.7 Å². The number of thioether (sulfide) groups is 1. The summed E-state index contributed by atoms with van der Waals surface area (Å²) in [5.74, 6) is 1.04. The average molecular weight is 507 g/mol. The van der Waals surface area contributed by atoms with Crippen LogP contribution in [0.1, 0.15) is 32.3 Å². The zero-order valence-electron chi connectivity index (χ0n) is 19.8. The zero-order chi connectivity index (χ0) is 24.4. The number of carbonyl (C=O) groups excluding carboxylic acids is 1. The van der Waals surface area contributed by atoms with Crippen molar-refractivity contribution in [2.75, 3.05) is 19.7 Å². The third kappa shape index (κ3) is 5.16. The second-order valence-corrected chi connectivity index (χ2v) is 10.2. The largest absolute Gasteiger partial charge is 0.492 e. The number of hydrogen-bond acceptors (Lipinski definition) is 5. The molecule has 3 heterocycles. The van der Waals surface area contributed by atoms with Crippen LogP contribution in [-0.4, -0.2) is 45.5 Å². The predicted molar refractivity (Wildman–Crippen MR) is 143 cm³/mol. The van der Waals surface area contributed by atoms with Gasteiger partial charge in [0.05, 0.1) is 22.2 Å². The molecule has 2 aliphatic rings. The SMILES string of the molecule is CCOc1ccc(-c2nn(-c3ccccc3)cc2/C=C2\SC(N3CCCC(C)C3)=NC2=O)cc1Cl. The molecule has 35 heavy (non-hydrogen) atoms. The summed E-state index contributed by atoms with van der Waals surface area (Å²) in [5, 5.41) is 6.18. The topological polar surface area (TPSA) is 59.7 Å². The molecular formula is C27H27ClN4O2S. The number of ether oxygens (including phenoxy) is 1. The van der Waals surface area contributed by atoms with Crippen LogP contribution in [0.5, 0.6) is 5.75 Å². The molecule has 0 aliphatic carbocycles. The van der Waals surface area contributed by atoms with Gasteiger partial charge in [-0.25, -0.2) is 4.68 Å². The normalized spacial score (nSPS) is 19.3. The van der Waals surface area contributed by atoms with E-state index in [0.29, 0.717) is 28.2 Å². The van der Waals surface area contributed by atoms with Crippen molar-refractivity contribution in [2.24, 2.45) is 10.9 Å². The minimum atomic E-state index is -0.202. The van der Waals surface area contributed by atoms with E-state index in [-0.39, 0.29) is 5.91 Å². The van der Waals surface area contributed by atoms with Crippen molar-refractivity contribution in [1.29, 1.82) is 0 Å². The number of piperidine rings is 1. The van der Waals surface area contributed by atoms with Gasteiger partial charge in [-0.2, -0.15) is 10.1 Å². The summed E-state index contributed by atoms with van der Waals surface area (Å²) in [7, 11) is 0. The van der Waals surface area contributed by atoms with Crippen LogP contribution in [-0.2, 0) is 4.79 Å². The van der Waals surface area contributed by atoms with Gasteiger partial charge in [0.25, 0.3) is 5.91 Å². The number of nitrogens with zero attached hydrogens (tertiary/aromatic N) is 4. The third-order valence-electron chi connectivity index (χ3n) is 6.09. The lowest BCUT2D eigenvalue weighted by atomic mass is 10.0. The maximum Gasteiger partial charge on any atom is 0.286 e. The standard InChI is InChI=1S/C27H27ClN4O2S/c1-3-34-23-12-11-19(14-22(23)28)25-20(17-32(30-25)21-9-5-4-6-10-21)15-24-26(33)29-27(35-24)31-13-7-8-18(2)16-31/h4-6,9-12,14-15,17-18H,3,7-8,13,16H2,1-2H3/b24-15-. The van der Waals surface area contributed by atoms with Crippen LogP contribution in [0, 0.1) is 5.92 Å². The van der Waals surface area contributed by atoms with Crippen molar-refractivity contribution < 1.29 is 9.53 Å². The van der Waals surface area contributed by atoms with Crippen molar-refractivity contribution in [3.05, 3.63) is 70.2 Å². The van der Waals surface area contributed by atoms with Gasteiger partial charge in [-0.05, 0) is 73.9 Å². The molecule has 2 aliphatic heterocycles. The molecule has 3 aromatic rings. The summed E-state index contributed by atoms with van der Waals surface area (Å²) in [6, 6.07) is 15.5. The molecule has 0 spiro atoms. The summed E-state index contributed by atoms with van der Waals surface area (Å²) in [5.41, 5.74) is 3.34. The average Bonchev–Trinajstić information content (AvgIpc) is 3.45. The minimum absolute atomic E-state index is 0.202. The van der Waals surface area contributed by atoms with E-state index in [9.17, 15) is 4.79 Å². The molecule has 0 N–H and O–H groups in total. The first kappa shape index (κ1) is 23.7. The van der Waals surface area contributed by atoms with Crippen LogP contribution in [0.25, 0.3) is 23.0 Å². The van der Waals surface area contributed by atoms with Crippen LogP contribution < -0.4 is 4.74 Å². The summed E-state index contributed by atoms with van der Waals surface area (Å²) in [4.78, 5) is 20.0. The highest BCUT2D eigenvalue weighted by Gasteiger charge is 2.29. The lowest BCUT2D eigenvalue weighted by molar-refractivity contribution is -0.113. The molecule has 180 valence electrons. The van der Waals surface area contributed by atoms with Crippen molar-refractivity contribution in [1.82, 2.24) is 14.7 Å². The number of aliphatic imine (C=N–C) groups is 1. The fourth-order valence-corrected chi connectivity index (χ4v) is 5.56. The van der Waals surface area contributed by atoms with Crippen molar-refractivity contribution >= 4 is 40.5 Å². The van der Waals surface area contributed by atoms with Crippen molar-refractivity contribution in [2.45, 2.75) is 26.7 Å². The highest BCUT2D eigenvalue weighted by Crippen LogP contribution is 2.36. The fraction of sp³-hybridized carbons (Fsp3) is 0.296. The van der Waals surface area contributed by atoms with Gasteiger partial charge in [-0.15, -0.1) is 0 Å². The van der Waals surface area contributed by atoms with Crippen molar-refractivity contribution in [3.63, 3.8) is 0 Å². The Balaban J connectivity index is 1.51. The molecule has 8 heteroatoms. The monoisotopic (exact) mass is 506 g/mol. The number of amidine groups is 1. The molecule has 1 unspecified atom stereocenters. The first-order valence-corrected chi connectivity index (χ1v) is 13.1. The number of benzene rings is 2. The van der Waals surface area contributed by atoms with E-state index in [4.69, 9.17) is 21.4 Å². The highest BCUT2D eigenvalue weighted by atomic mass is 35.5. The first-order valence-electron chi connectivity index (χ1n) is 11.9. The molecule has 5 rings (SSSR count). The number of likely N-dealkylation sites (tertiary alicyclic amines) is 1. The molecule has 1 amide bonds. The van der Waals surface area contributed by atoms with Crippen molar-refractivity contribution in [3.8, 4) is 22.7 Å². The molecule has 1 saturated heterocycles. The van der Waals surface area contributed by atoms with E-state index >= 15 is 0 Å². The highest BCUT2D eigenvalue weighted by molar-refractivity contribution is 8.18. The molecular weight excluding hydrogens is 480 g/mol. The number of hydrogen-bond donors (Lipinski definition) is 0. The van der Waals surface area contributed by atoms with E-state index in [1.54, 1.807) is 0 Å². The Morgan fingerprint density at radius 1 is 1.23 bits per heavy atom.